The molecule has 3 heterocycles. The van der Waals surface area contributed by atoms with Crippen molar-refractivity contribution < 1.29 is 14.1 Å². The van der Waals surface area contributed by atoms with Gasteiger partial charge >= 0.3 is 0 Å². The van der Waals surface area contributed by atoms with E-state index in [0.29, 0.717) is 30.5 Å². The van der Waals surface area contributed by atoms with Crippen molar-refractivity contribution in [2.45, 2.75) is 19.4 Å². The van der Waals surface area contributed by atoms with Gasteiger partial charge in [0.15, 0.2) is 5.82 Å². The first-order chi connectivity index (χ1) is 11.2. The Hall–Kier alpha value is -2.81. The molecule has 1 unspecified atom stereocenters. The van der Waals surface area contributed by atoms with E-state index in [4.69, 9.17) is 9.26 Å². The minimum atomic E-state index is -0.427. The molecular weight excluding hydrogens is 300 g/mol. The Morgan fingerprint density at radius 1 is 1.48 bits per heavy atom. The Bertz CT molecular complexity index is 779. The first-order valence-corrected chi connectivity index (χ1v) is 7.09. The Morgan fingerprint density at radius 2 is 2.35 bits per heavy atom. The van der Waals surface area contributed by atoms with Crippen molar-refractivity contribution in [1.29, 1.82) is 0 Å². The summed E-state index contributed by atoms with van der Waals surface area (Å²) in [6.07, 6.45) is 5.56. The fourth-order valence-electron chi connectivity index (χ4n) is 2.01. The maximum absolute atomic E-state index is 12.3. The van der Waals surface area contributed by atoms with Crippen LogP contribution in [-0.4, -0.2) is 44.1 Å². The Kier molecular flexibility index (Phi) is 4.29. The van der Waals surface area contributed by atoms with Crippen LogP contribution < -0.4 is 5.32 Å². The molecule has 0 fully saturated rings. The summed E-state index contributed by atoms with van der Waals surface area (Å²) in [7, 11) is 1.60. The van der Waals surface area contributed by atoms with Gasteiger partial charge in [-0.2, -0.15) is 4.98 Å². The van der Waals surface area contributed by atoms with Gasteiger partial charge in [-0.3, -0.25) is 9.20 Å². The highest BCUT2D eigenvalue weighted by Gasteiger charge is 2.19. The Morgan fingerprint density at radius 3 is 3.13 bits per heavy atom. The first-order valence-electron chi connectivity index (χ1n) is 7.09. The molecule has 0 aliphatic carbocycles. The van der Waals surface area contributed by atoms with Crippen molar-refractivity contribution in [2.75, 3.05) is 13.7 Å². The molecule has 0 saturated heterocycles. The van der Waals surface area contributed by atoms with Crippen molar-refractivity contribution in [3.8, 4) is 0 Å². The fraction of sp³-hybridized carbons (Fsp3) is 0.357. The van der Waals surface area contributed by atoms with Crippen LogP contribution in [0.3, 0.4) is 0 Å². The van der Waals surface area contributed by atoms with Gasteiger partial charge in [0.1, 0.15) is 11.7 Å². The van der Waals surface area contributed by atoms with Crippen LogP contribution in [0.1, 0.15) is 35.2 Å². The number of carbonyl (C=O) groups is 1. The van der Waals surface area contributed by atoms with Gasteiger partial charge in [0.05, 0.1) is 6.61 Å². The molecule has 3 rings (SSSR count). The topological polar surface area (TPSA) is 107 Å². The second-order valence-corrected chi connectivity index (χ2v) is 4.94. The third-order valence-electron chi connectivity index (χ3n) is 3.20. The summed E-state index contributed by atoms with van der Waals surface area (Å²) in [6.45, 7) is 2.27. The van der Waals surface area contributed by atoms with E-state index in [1.54, 1.807) is 43.1 Å². The minimum absolute atomic E-state index is 0.273. The van der Waals surface area contributed by atoms with Gasteiger partial charge in [-0.25, -0.2) is 9.97 Å². The average molecular weight is 316 g/mol. The van der Waals surface area contributed by atoms with E-state index < -0.39 is 6.04 Å². The predicted octanol–water partition coefficient (Wildman–Crippen LogP) is 0.792. The molecule has 0 aromatic carbocycles. The summed E-state index contributed by atoms with van der Waals surface area (Å²) in [6, 6.07) is 1.34. The van der Waals surface area contributed by atoms with Crippen LogP contribution in [0.4, 0.5) is 0 Å². The lowest BCUT2D eigenvalue weighted by atomic mass is 10.3. The van der Waals surface area contributed by atoms with Crippen molar-refractivity contribution in [1.82, 2.24) is 29.8 Å². The number of amides is 1. The zero-order valence-corrected chi connectivity index (χ0v) is 12.8. The van der Waals surface area contributed by atoms with Crippen molar-refractivity contribution in [3.63, 3.8) is 0 Å². The van der Waals surface area contributed by atoms with Crippen LogP contribution in [0, 0.1) is 0 Å². The largest absolute Gasteiger partial charge is 0.384 e. The zero-order valence-electron chi connectivity index (χ0n) is 12.8. The summed E-state index contributed by atoms with van der Waals surface area (Å²) in [5.41, 5.74) is 0.273. The summed E-state index contributed by atoms with van der Waals surface area (Å²) in [4.78, 5) is 24.7. The average Bonchev–Trinajstić information content (AvgIpc) is 3.19. The molecule has 3 aromatic rings. The second-order valence-electron chi connectivity index (χ2n) is 4.94. The fourth-order valence-corrected chi connectivity index (χ4v) is 2.01. The van der Waals surface area contributed by atoms with Crippen LogP contribution in [-0.2, 0) is 11.2 Å². The van der Waals surface area contributed by atoms with E-state index in [1.807, 2.05) is 0 Å². The second kappa shape index (κ2) is 6.53. The molecule has 0 saturated carbocycles. The van der Waals surface area contributed by atoms with Gasteiger partial charge < -0.3 is 14.6 Å². The molecule has 1 amide bonds. The lowest BCUT2D eigenvalue weighted by Gasteiger charge is -2.07. The van der Waals surface area contributed by atoms with E-state index in [2.05, 4.69) is 25.4 Å². The number of imidazole rings is 1. The number of aromatic nitrogens is 5. The van der Waals surface area contributed by atoms with Gasteiger partial charge in [0, 0.05) is 32.1 Å². The minimum Gasteiger partial charge on any atom is -0.384 e. The van der Waals surface area contributed by atoms with Crippen LogP contribution in [0.25, 0.3) is 5.78 Å². The Balaban J connectivity index is 1.67. The quantitative estimate of drug-likeness (QED) is 0.716. The van der Waals surface area contributed by atoms with Crippen molar-refractivity contribution in [3.05, 3.63) is 42.1 Å². The van der Waals surface area contributed by atoms with Gasteiger partial charge in [-0.1, -0.05) is 5.16 Å². The van der Waals surface area contributed by atoms with Crippen LogP contribution in [0.2, 0.25) is 0 Å². The van der Waals surface area contributed by atoms with Crippen molar-refractivity contribution in [2.24, 2.45) is 0 Å². The molecule has 0 radical (unpaired) electrons. The van der Waals surface area contributed by atoms with E-state index in [0.717, 1.165) is 0 Å². The SMILES string of the molecule is COCCc1noc(C(C)NC(=O)c2cn3cccnc3n2)n1. The lowest BCUT2D eigenvalue weighted by Crippen LogP contribution is -2.27. The molecule has 0 aliphatic heterocycles. The molecule has 9 nitrogen and oxygen atoms in total. The molecule has 0 bridgehead atoms. The number of rotatable bonds is 6. The maximum Gasteiger partial charge on any atom is 0.272 e. The number of hydrogen-bond donors (Lipinski definition) is 1. The first kappa shape index (κ1) is 15.1. The smallest absolute Gasteiger partial charge is 0.272 e. The number of hydrogen-bond acceptors (Lipinski definition) is 7. The van der Waals surface area contributed by atoms with E-state index in [9.17, 15) is 4.79 Å². The molecule has 3 aromatic heterocycles. The van der Waals surface area contributed by atoms with E-state index in [-0.39, 0.29) is 11.6 Å². The van der Waals surface area contributed by atoms with Gasteiger partial charge in [-0.15, -0.1) is 0 Å². The number of fused-ring (bicyclic) bond motifs is 1. The van der Waals surface area contributed by atoms with E-state index >= 15 is 0 Å². The van der Waals surface area contributed by atoms with Crippen LogP contribution in [0.5, 0.6) is 0 Å². The van der Waals surface area contributed by atoms with Gasteiger partial charge in [0.25, 0.3) is 5.91 Å². The zero-order chi connectivity index (χ0) is 16.2. The monoisotopic (exact) mass is 316 g/mol. The number of nitrogens with zero attached hydrogens (tertiary/aromatic N) is 5. The summed E-state index contributed by atoms with van der Waals surface area (Å²) in [5.74, 6) is 1.01. The number of carbonyl (C=O) groups excluding carboxylic acids is 1. The lowest BCUT2D eigenvalue weighted by molar-refractivity contribution is 0.0928. The molecule has 120 valence electrons. The van der Waals surface area contributed by atoms with E-state index in [1.165, 1.54) is 0 Å². The third kappa shape index (κ3) is 3.34. The molecule has 23 heavy (non-hydrogen) atoms. The molecule has 9 heteroatoms. The number of methoxy groups -OCH3 is 1. The normalized spacial score (nSPS) is 12.4. The third-order valence-corrected chi connectivity index (χ3v) is 3.20. The number of nitrogens with one attached hydrogen (secondary N) is 1. The highest BCUT2D eigenvalue weighted by Crippen LogP contribution is 2.11. The van der Waals surface area contributed by atoms with Gasteiger partial charge in [-0.05, 0) is 13.0 Å². The van der Waals surface area contributed by atoms with Crippen LogP contribution in [0.15, 0.2) is 29.2 Å². The summed E-state index contributed by atoms with van der Waals surface area (Å²) < 4.78 is 11.8. The highest BCUT2D eigenvalue weighted by atomic mass is 16.5. The predicted molar refractivity (Wildman–Crippen MR) is 78.7 cm³/mol. The standard InChI is InChI=1S/C14H16N6O3/c1-9(13-18-11(19-23-13)4-7-22-2)16-12(21)10-8-20-6-3-5-15-14(20)17-10/h3,5-6,8-9H,4,7H2,1-2H3,(H,16,21). The molecule has 1 N–H and O–H groups in total. The van der Waals surface area contributed by atoms with Crippen LogP contribution >= 0.6 is 0 Å². The molecule has 0 aliphatic rings. The highest BCUT2D eigenvalue weighted by molar-refractivity contribution is 5.92. The Labute approximate surface area is 131 Å². The van der Waals surface area contributed by atoms with Gasteiger partial charge in [0.2, 0.25) is 11.7 Å². The maximum atomic E-state index is 12.3. The summed E-state index contributed by atoms with van der Waals surface area (Å²) in [5, 5.41) is 6.62. The molecule has 1 atom stereocenters. The molecule has 0 spiro atoms. The van der Waals surface area contributed by atoms with Crippen molar-refractivity contribution >= 4 is 11.7 Å². The number of ether oxygens (including phenoxy) is 1. The molecular formula is C14H16N6O3. The summed E-state index contributed by atoms with van der Waals surface area (Å²) >= 11 is 0.